The van der Waals surface area contributed by atoms with Crippen LogP contribution in [-0.2, 0) is 4.79 Å². The Morgan fingerprint density at radius 2 is 2.12 bits per heavy atom. The van der Waals surface area contributed by atoms with Gasteiger partial charge in [-0.05, 0) is 38.1 Å². The minimum absolute atomic E-state index is 0.0500. The molecule has 1 amide bonds. The summed E-state index contributed by atoms with van der Waals surface area (Å²) in [6.07, 6.45) is 6.76. The third-order valence-electron chi connectivity index (χ3n) is 3.86. The van der Waals surface area contributed by atoms with Gasteiger partial charge in [-0.25, -0.2) is 0 Å². The summed E-state index contributed by atoms with van der Waals surface area (Å²) in [5, 5.41) is 3.33. The van der Waals surface area contributed by atoms with Crippen LogP contribution in [0.2, 0.25) is 0 Å². The molecular formula is C14H28N2O. The average Bonchev–Trinajstić information content (AvgIpc) is 2.27. The first-order valence-corrected chi connectivity index (χ1v) is 6.95. The second-order valence-electron chi connectivity index (χ2n) is 5.83. The van der Waals surface area contributed by atoms with Crippen LogP contribution < -0.4 is 5.32 Å². The van der Waals surface area contributed by atoms with E-state index in [-0.39, 0.29) is 11.9 Å². The Labute approximate surface area is 106 Å². The van der Waals surface area contributed by atoms with Gasteiger partial charge in [-0.2, -0.15) is 0 Å². The second kappa shape index (κ2) is 7.00. The maximum Gasteiger partial charge on any atom is 0.238 e. The van der Waals surface area contributed by atoms with Crippen molar-refractivity contribution >= 4 is 5.91 Å². The molecule has 3 heteroatoms. The van der Waals surface area contributed by atoms with E-state index in [0.717, 1.165) is 18.4 Å². The van der Waals surface area contributed by atoms with Crippen molar-refractivity contribution in [2.45, 2.75) is 52.0 Å². The van der Waals surface area contributed by atoms with Gasteiger partial charge in [0.1, 0.15) is 0 Å². The molecule has 0 radical (unpaired) electrons. The Hall–Kier alpha value is -0.570. The molecule has 1 saturated carbocycles. The van der Waals surface area contributed by atoms with Gasteiger partial charge in [0.15, 0.2) is 0 Å². The van der Waals surface area contributed by atoms with E-state index in [1.54, 1.807) is 4.90 Å². The first kappa shape index (κ1) is 14.5. The van der Waals surface area contributed by atoms with Crippen LogP contribution >= 0.6 is 0 Å². The fourth-order valence-electron chi connectivity index (χ4n) is 2.80. The van der Waals surface area contributed by atoms with Crippen LogP contribution in [0.15, 0.2) is 0 Å². The van der Waals surface area contributed by atoms with Gasteiger partial charge in [-0.1, -0.05) is 26.2 Å². The third kappa shape index (κ3) is 5.07. The first-order valence-electron chi connectivity index (χ1n) is 6.95. The number of nitrogens with zero attached hydrogens (tertiary/aromatic N) is 1. The van der Waals surface area contributed by atoms with E-state index in [1.807, 2.05) is 21.0 Å². The fourth-order valence-corrected chi connectivity index (χ4v) is 2.80. The molecule has 0 aromatic heterocycles. The zero-order chi connectivity index (χ0) is 12.8. The fraction of sp³-hybridized carbons (Fsp3) is 0.929. The minimum Gasteiger partial charge on any atom is -0.347 e. The first-order chi connectivity index (χ1) is 8.00. The summed E-state index contributed by atoms with van der Waals surface area (Å²) in [5.41, 5.74) is 0. The van der Waals surface area contributed by atoms with E-state index in [2.05, 4.69) is 12.2 Å². The molecule has 1 rings (SSSR count). The molecule has 1 aliphatic rings. The van der Waals surface area contributed by atoms with E-state index in [4.69, 9.17) is 0 Å². The second-order valence-corrected chi connectivity index (χ2v) is 5.83. The normalized spacial score (nSPS) is 26.6. The zero-order valence-corrected chi connectivity index (χ0v) is 11.8. The van der Waals surface area contributed by atoms with Crippen LogP contribution in [0.4, 0.5) is 0 Å². The summed E-state index contributed by atoms with van der Waals surface area (Å²) in [6.45, 7) is 5.28. The number of nitrogens with one attached hydrogen (secondary N) is 1. The molecule has 1 N–H and O–H groups in total. The number of rotatable bonds is 5. The van der Waals surface area contributed by atoms with Crippen molar-refractivity contribution in [2.75, 3.05) is 20.6 Å². The summed E-state index contributed by atoms with van der Waals surface area (Å²) in [4.78, 5) is 13.3. The average molecular weight is 240 g/mol. The topological polar surface area (TPSA) is 32.3 Å². The molecule has 0 bridgehead atoms. The van der Waals surface area contributed by atoms with Gasteiger partial charge in [0.2, 0.25) is 5.91 Å². The van der Waals surface area contributed by atoms with E-state index in [1.165, 1.54) is 32.1 Å². The van der Waals surface area contributed by atoms with Crippen molar-refractivity contribution in [3.8, 4) is 0 Å². The van der Waals surface area contributed by atoms with Crippen LogP contribution in [0, 0.1) is 11.8 Å². The molecular weight excluding hydrogens is 212 g/mol. The maximum atomic E-state index is 11.6. The predicted octanol–water partition coefficient (Wildman–Crippen LogP) is 2.27. The molecule has 3 atom stereocenters. The highest BCUT2D eigenvalue weighted by Crippen LogP contribution is 2.30. The largest absolute Gasteiger partial charge is 0.347 e. The summed E-state index contributed by atoms with van der Waals surface area (Å²) in [6, 6.07) is -0.0500. The van der Waals surface area contributed by atoms with E-state index in [0.29, 0.717) is 0 Å². The molecule has 3 unspecified atom stereocenters. The molecule has 17 heavy (non-hydrogen) atoms. The van der Waals surface area contributed by atoms with Gasteiger partial charge in [-0.15, -0.1) is 0 Å². The molecule has 0 spiro atoms. The number of carbonyl (C=O) groups is 1. The lowest BCUT2D eigenvalue weighted by molar-refractivity contribution is -0.130. The molecule has 100 valence electrons. The van der Waals surface area contributed by atoms with Crippen molar-refractivity contribution in [3.63, 3.8) is 0 Å². The standard InChI is InChI=1S/C14H28N2O/c1-11-6-5-7-13(10-11)8-9-15-12(2)14(17)16(3)4/h11-13,15H,5-10H2,1-4H3. The lowest BCUT2D eigenvalue weighted by atomic mass is 9.81. The Balaban J connectivity index is 2.16. The monoisotopic (exact) mass is 240 g/mol. The Bertz CT molecular complexity index is 240. The van der Waals surface area contributed by atoms with Crippen LogP contribution in [0.1, 0.15) is 46.0 Å². The zero-order valence-electron chi connectivity index (χ0n) is 11.8. The van der Waals surface area contributed by atoms with Crippen LogP contribution in [-0.4, -0.2) is 37.5 Å². The van der Waals surface area contributed by atoms with Crippen LogP contribution in [0.3, 0.4) is 0 Å². The molecule has 0 aliphatic heterocycles. The summed E-state index contributed by atoms with van der Waals surface area (Å²) < 4.78 is 0. The smallest absolute Gasteiger partial charge is 0.238 e. The van der Waals surface area contributed by atoms with Crippen LogP contribution in [0.5, 0.6) is 0 Å². The quantitative estimate of drug-likeness (QED) is 0.799. The lowest BCUT2D eigenvalue weighted by Crippen LogP contribution is -2.42. The van der Waals surface area contributed by atoms with Gasteiger partial charge < -0.3 is 10.2 Å². The number of hydrogen-bond acceptors (Lipinski definition) is 2. The van der Waals surface area contributed by atoms with Gasteiger partial charge in [0, 0.05) is 14.1 Å². The number of hydrogen-bond donors (Lipinski definition) is 1. The molecule has 0 saturated heterocycles. The molecule has 1 fully saturated rings. The van der Waals surface area contributed by atoms with Crippen molar-refractivity contribution in [1.82, 2.24) is 10.2 Å². The van der Waals surface area contributed by atoms with Crippen LogP contribution in [0.25, 0.3) is 0 Å². The third-order valence-corrected chi connectivity index (χ3v) is 3.86. The van der Waals surface area contributed by atoms with Gasteiger partial charge in [0.25, 0.3) is 0 Å². The highest BCUT2D eigenvalue weighted by atomic mass is 16.2. The molecule has 3 nitrogen and oxygen atoms in total. The van der Waals surface area contributed by atoms with Crippen molar-refractivity contribution in [2.24, 2.45) is 11.8 Å². The number of amides is 1. The minimum atomic E-state index is -0.0500. The summed E-state index contributed by atoms with van der Waals surface area (Å²) in [5.74, 6) is 1.93. The molecule has 1 aliphatic carbocycles. The van der Waals surface area contributed by atoms with Crippen molar-refractivity contribution in [3.05, 3.63) is 0 Å². The predicted molar refractivity (Wildman–Crippen MR) is 71.9 cm³/mol. The van der Waals surface area contributed by atoms with E-state index < -0.39 is 0 Å². The highest BCUT2D eigenvalue weighted by Gasteiger charge is 2.19. The van der Waals surface area contributed by atoms with Crippen molar-refractivity contribution in [1.29, 1.82) is 0 Å². The maximum absolute atomic E-state index is 11.6. The van der Waals surface area contributed by atoms with Gasteiger partial charge in [-0.3, -0.25) is 4.79 Å². The van der Waals surface area contributed by atoms with Gasteiger partial charge in [0.05, 0.1) is 6.04 Å². The van der Waals surface area contributed by atoms with Crippen molar-refractivity contribution < 1.29 is 4.79 Å². The van der Waals surface area contributed by atoms with E-state index >= 15 is 0 Å². The Morgan fingerprint density at radius 3 is 2.71 bits per heavy atom. The Kier molecular flexibility index (Phi) is 5.96. The molecule has 0 heterocycles. The molecule has 0 aromatic rings. The Morgan fingerprint density at radius 1 is 1.41 bits per heavy atom. The highest BCUT2D eigenvalue weighted by molar-refractivity contribution is 5.80. The lowest BCUT2D eigenvalue weighted by Gasteiger charge is -2.27. The summed E-state index contributed by atoms with van der Waals surface area (Å²) in [7, 11) is 3.62. The number of likely N-dealkylation sites (N-methyl/N-ethyl adjacent to an activating group) is 1. The number of carbonyl (C=O) groups excluding carboxylic acids is 1. The SMILES string of the molecule is CC1CCCC(CCNC(C)C(=O)N(C)C)C1. The van der Waals surface area contributed by atoms with Gasteiger partial charge >= 0.3 is 0 Å². The summed E-state index contributed by atoms with van der Waals surface area (Å²) >= 11 is 0. The molecule has 0 aromatic carbocycles. The van der Waals surface area contributed by atoms with E-state index in [9.17, 15) is 4.79 Å².